The minimum atomic E-state index is 0.0896. The largest absolute Gasteiger partial charge is 0.289 e. The molecule has 92 valence electrons. The van der Waals surface area contributed by atoms with E-state index in [0.29, 0.717) is 0 Å². The summed E-state index contributed by atoms with van der Waals surface area (Å²) in [5.41, 5.74) is 4.73. The quantitative estimate of drug-likeness (QED) is 0.741. The van der Waals surface area contributed by atoms with Crippen molar-refractivity contribution in [2.75, 3.05) is 0 Å². The van der Waals surface area contributed by atoms with Crippen LogP contribution < -0.4 is 0 Å². The maximum absolute atomic E-state index is 12.5. The van der Waals surface area contributed by atoms with Crippen LogP contribution in [-0.2, 0) is 0 Å². The standard InChI is InChI=1S/C16H15BrO/c1-10-4-5-11(2)14(8-10)16(18)13-6-7-15(17)12(3)9-13/h4-9H,1-3H3. The number of carbonyl (C=O) groups is 1. The van der Waals surface area contributed by atoms with Gasteiger partial charge < -0.3 is 0 Å². The van der Waals surface area contributed by atoms with Crippen LogP contribution in [0.4, 0.5) is 0 Å². The van der Waals surface area contributed by atoms with E-state index >= 15 is 0 Å². The van der Waals surface area contributed by atoms with Crippen molar-refractivity contribution in [3.05, 3.63) is 68.7 Å². The Morgan fingerprint density at radius 2 is 1.67 bits per heavy atom. The van der Waals surface area contributed by atoms with Gasteiger partial charge in [0.2, 0.25) is 0 Å². The second-order valence-electron chi connectivity index (χ2n) is 4.61. The van der Waals surface area contributed by atoms with Crippen molar-refractivity contribution in [1.82, 2.24) is 0 Å². The van der Waals surface area contributed by atoms with Gasteiger partial charge in [0.1, 0.15) is 0 Å². The fraction of sp³-hybridized carbons (Fsp3) is 0.188. The number of aryl methyl sites for hydroxylation is 3. The molecule has 0 radical (unpaired) electrons. The highest BCUT2D eigenvalue weighted by molar-refractivity contribution is 9.10. The van der Waals surface area contributed by atoms with Gasteiger partial charge in [-0.15, -0.1) is 0 Å². The highest BCUT2D eigenvalue weighted by Crippen LogP contribution is 2.21. The summed E-state index contributed by atoms with van der Waals surface area (Å²) in [6, 6.07) is 11.7. The zero-order valence-electron chi connectivity index (χ0n) is 10.8. The zero-order chi connectivity index (χ0) is 13.3. The van der Waals surface area contributed by atoms with E-state index in [-0.39, 0.29) is 5.78 Å². The summed E-state index contributed by atoms with van der Waals surface area (Å²) in [4.78, 5) is 12.5. The molecule has 0 spiro atoms. The van der Waals surface area contributed by atoms with E-state index in [9.17, 15) is 4.79 Å². The Hall–Kier alpha value is -1.41. The van der Waals surface area contributed by atoms with Gasteiger partial charge in [-0.2, -0.15) is 0 Å². The molecule has 0 aromatic heterocycles. The smallest absolute Gasteiger partial charge is 0.193 e. The first kappa shape index (κ1) is 13.0. The van der Waals surface area contributed by atoms with E-state index in [0.717, 1.165) is 32.3 Å². The van der Waals surface area contributed by atoms with Gasteiger partial charge in [-0.25, -0.2) is 0 Å². The summed E-state index contributed by atoms with van der Waals surface area (Å²) in [6.07, 6.45) is 0. The Balaban J connectivity index is 2.47. The number of carbonyl (C=O) groups excluding carboxylic acids is 1. The van der Waals surface area contributed by atoms with Crippen molar-refractivity contribution in [3.8, 4) is 0 Å². The maximum Gasteiger partial charge on any atom is 0.193 e. The topological polar surface area (TPSA) is 17.1 Å². The molecule has 0 heterocycles. The van der Waals surface area contributed by atoms with Crippen LogP contribution >= 0.6 is 15.9 Å². The minimum absolute atomic E-state index is 0.0896. The second-order valence-corrected chi connectivity index (χ2v) is 5.47. The van der Waals surface area contributed by atoms with E-state index in [1.807, 2.05) is 57.2 Å². The molecule has 0 amide bonds. The molecule has 0 saturated carbocycles. The first-order valence-electron chi connectivity index (χ1n) is 5.87. The van der Waals surface area contributed by atoms with Crippen molar-refractivity contribution in [3.63, 3.8) is 0 Å². The van der Waals surface area contributed by atoms with Crippen molar-refractivity contribution in [1.29, 1.82) is 0 Å². The van der Waals surface area contributed by atoms with E-state index < -0.39 is 0 Å². The number of ketones is 1. The predicted molar refractivity (Wildman–Crippen MR) is 78.2 cm³/mol. The number of hydrogen-bond donors (Lipinski definition) is 0. The van der Waals surface area contributed by atoms with E-state index in [1.165, 1.54) is 0 Å². The van der Waals surface area contributed by atoms with Crippen molar-refractivity contribution >= 4 is 21.7 Å². The van der Waals surface area contributed by atoms with E-state index in [2.05, 4.69) is 15.9 Å². The lowest BCUT2D eigenvalue weighted by Crippen LogP contribution is -2.04. The van der Waals surface area contributed by atoms with Gasteiger partial charge in [0.15, 0.2) is 5.78 Å². The van der Waals surface area contributed by atoms with Gasteiger partial charge in [0.25, 0.3) is 0 Å². The second kappa shape index (κ2) is 5.07. The monoisotopic (exact) mass is 302 g/mol. The molecule has 2 heteroatoms. The first-order chi connectivity index (χ1) is 8.49. The fourth-order valence-corrected chi connectivity index (χ4v) is 2.17. The van der Waals surface area contributed by atoms with Crippen LogP contribution in [0, 0.1) is 20.8 Å². The zero-order valence-corrected chi connectivity index (χ0v) is 12.3. The minimum Gasteiger partial charge on any atom is -0.289 e. The molecule has 0 unspecified atom stereocenters. The van der Waals surface area contributed by atoms with E-state index in [1.54, 1.807) is 0 Å². The van der Waals surface area contributed by atoms with Crippen molar-refractivity contribution in [2.24, 2.45) is 0 Å². The number of hydrogen-bond acceptors (Lipinski definition) is 1. The third-order valence-corrected chi connectivity index (χ3v) is 3.95. The molecule has 0 fully saturated rings. The van der Waals surface area contributed by atoms with Crippen LogP contribution in [0.3, 0.4) is 0 Å². The highest BCUT2D eigenvalue weighted by Gasteiger charge is 2.12. The summed E-state index contributed by atoms with van der Waals surface area (Å²) in [6.45, 7) is 5.96. The first-order valence-corrected chi connectivity index (χ1v) is 6.66. The van der Waals surface area contributed by atoms with Crippen LogP contribution in [0.2, 0.25) is 0 Å². The van der Waals surface area contributed by atoms with Gasteiger partial charge in [0.05, 0.1) is 0 Å². The number of rotatable bonds is 2. The van der Waals surface area contributed by atoms with Crippen LogP contribution in [0.1, 0.15) is 32.6 Å². The summed E-state index contributed by atoms with van der Waals surface area (Å²) in [5, 5.41) is 0. The molecule has 1 nitrogen and oxygen atoms in total. The van der Waals surface area contributed by atoms with Gasteiger partial charge in [-0.1, -0.05) is 33.6 Å². The Labute approximate surface area is 116 Å². The Morgan fingerprint density at radius 1 is 0.944 bits per heavy atom. The molecule has 0 N–H and O–H groups in total. The van der Waals surface area contributed by atoms with Crippen LogP contribution in [0.5, 0.6) is 0 Å². The van der Waals surface area contributed by atoms with Crippen molar-refractivity contribution in [2.45, 2.75) is 20.8 Å². The summed E-state index contributed by atoms with van der Waals surface area (Å²) >= 11 is 3.45. The SMILES string of the molecule is Cc1ccc(C)c(C(=O)c2ccc(Br)c(C)c2)c1. The lowest BCUT2D eigenvalue weighted by Gasteiger charge is -2.07. The van der Waals surface area contributed by atoms with Gasteiger partial charge in [0, 0.05) is 15.6 Å². The number of benzene rings is 2. The normalized spacial score (nSPS) is 10.4. The van der Waals surface area contributed by atoms with Crippen molar-refractivity contribution < 1.29 is 4.79 Å². The van der Waals surface area contributed by atoms with Crippen LogP contribution in [-0.4, -0.2) is 5.78 Å². The molecule has 0 bridgehead atoms. The molecule has 0 aliphatic heterocycles. The molecule has 2 aromatic rings. The molecular weight excluding hydrogens is 288 g/mol. The third-order valence-electron chi connectivity index (χ3n) is 3.06. The maximum atomic E-state index is 12.5. The molecular formula is C16H15BrO. The van der Waals surface area contributed by atoms with Crippen LogP contribution in [0.25, 0.3) is 0 Å². The molecule has 2 rings (SSSR count). The Morgan fingerprint density at radius 3 is 2.33 bits per heavy atom. The van der Waals surface area contributed by atoms with Gasteiger partial charge in [-0.3, -0.25) is 4.79 Å². The molecule has 0 atom stereocenters. The van der Waals surface area contributed by atoms with E-state index in [4.69, 9.17) is 0 Å². The third kappa shape index (κ3) is 2.54. The molecule has 2 aromatic carbocycles. The molecule has 0 aliphatic rings. The fourth-order valence-electron chi connectivity index (χ4n) is 1.92. The molecule has 0 aliphatic carbocycles. The van der Waals surface area contributed by atoms with Crippen LogP contribution in [0.15, 0.2) is 40.9 Å². The van der Waals surface area contributed by atoms with Gasteiger partial charge in [-0.05, 0) is 56.2 Å². The summed E-state index contributed by atoms with van der Waals surface area (Å²) < 4.78 is 1.03. The average molecular weight is 303 g/mol. The van der Waals surface area contributed by atoms with Gasteiger partial charge >= 0.3 is 0 Å². The Bertz CT molecular complexity index is 614. The highest BCUT2D eigenvalue weighted by atomic mass is 79.9. The summed E-state index contributed by atoms with van der Waals surface area (Å²) in [7, 11) is 0. The Kier molecular flexibility index (Phi) is 3.67. The lowest BCUT2D eigenvalue weighted by molar-refractivity contribution is 0.103. The lowest BCUT2D eigenvalue weighted by atomic mass is 9.96. The summed E-state index contributed by atoms with van der Waals surface area (Å²) in [5.74, 6) is 0.0896. The molecule has 0 saturated heterocycles. The predicted octanol–water partition coefficient (Wildman–Crippen LogP) is 4.61. The number of halogens is 1. The average Bonchev–Trinajstić information content (AvgIpc) is 2.35. The molecule has 18 heavy (non-hydrogen) atoms.